The summed E-state index contributed by atoms with van der Waals surface area (Å²) in [4.78, 5) is 8.98. The number of aromatic nitrogens is 2. The van der Waals surface area contributed by atoms with Gasteiger partial charge in [0.2, 0.25) is 0 Å². The largest absolute Gasteiger partial charge is 0.494 e. The fourth-order valence-corrected chi connectivity index (χ4v) is 3.44. The molecule has 0 atom stereocenters. The molecule has 0 fully saturated rings. The average Bonchev–Trinajstić information content (AvgIpc) is 2.67. The van der Waals surface area contributed by atoms with Crippen molar-refractivity contribution in [3.63, 3.8) is 0 Å². The van der Waals surface area contributed by atoms with Gasteiger partial charge in [0.15, 0.2) is 11.6 Å². The first-order valence-electron chi connectivity index (χ1n) is 8.40. The zero-order valence-electron chi connectivity index (χ0n) is 14.8. The van der Waals surface area contributed by atoms with Gasteiger partial charge >= 0.3 is 0 Å². The Bertz CT molecular complexity index is 1050. The third-order valence-electron chi connectivity index (χ3n) is 3.66. The van der Waals surface area contributed by atoms with Gasteiger partial charge in [-0.05, 0) is 43.3 Å². The summed E-state index contributed by atoms with van der Waals surface area (Å²) in [6, 6.07) is 13.4. The van der Waals surface area contributed by atoms with Crippen LogP contribution in [0.1, 0.15) is 6.92 Å². The Morgan fingerprint density at radius 1 is 1.04 bits per heavy atom. The molecule has 0 unspecified atom stereocenters. The molecule has 3 rings (SSSR count). The summed E-state index contributed by atoms with van der Waals surface area (Å²) in [6.07, 6.45) is 1.65. The first kappa shape index (κ1) is 18.7. The van der Waals surface area contributed by atoms with Crippen LogP contribution in [0.5, 0.6) is 5.75 Å². The SMILES string of the molecule is C=CCNc1nc2ccccc2nc1NS(=O)(=O)c1ccc(OCC)cc1. The van der Waals surface area contributed by atoms with Crippen LogP contribution < -0.4 is 14.8 Å². The number of sulfonamides is 1. The molecule has 0 saturated carbocycles. The summed E-state index contributed by atoms with van der Waals surface area (Å²) in [5.41, 5.74) is 1.25. The number of benzene rings is 2. The van der Waals surface area contributed by atoms with Crippen LogP contribution in [0, 0.1) is 0 Å². The van der Waals surface area contributed by atoms with Gasteiger partial charge in [-0.1, -0.05) is 18.2 Å². The Hall–Kier alpha value is -3.13. The molecule has 0 aliphatic rings. The Kier molecular flexibility index (Phi) is 5.56. The molecule has 0 aliphatic heterocycles. The Balaban J connectivity index is 1.96. The number of anilines is 2. The highest BCUT2D eigenvalue weighted by molar-refractivity contribution is 7.92. The fourth-order valence-electron chi connectivity index (χ4n) is 2.43. The molecule has 0 amide bonds. The van der Waals surface area contributed by atoms with Gasteiger partial charge in [-0.25, -0.2) is 18.4 Å². The van der Waals surface area contributed by atoms with Crippen molar-refractivity contribution in [3.8, 4) is 5.75 Å². The zero-order valence-corrected chi connectivity index (χ0v) is 15.7. The Morgan fingerprint density at radius 3 is 2.26 bits per heavy atom. The lowest BCUT2D eigenvalue weighted by atomic mass is 10.3. The van der Waals surface area contributed by atoms with E-state index in [4.69, 9.17) is 4.74 Å². The number of para-hydroxylation sites is 2. The van der Waals surface area contributed by atoms with E-state index >= 15 is 0 Å². The maximum absolute atomic E-state index is 12.8. The fraction of sp³-hybridized carbons (Fsp3) is 0.158. The van der Waals surface area contributed by atoms with Crippen LogP contribution in [0.3, 0.4) is 0 Å². The van der Waals surface area contributed by atoms with Crippen molar-refractivity contribution in [2.45, 2.75) is 11.8 Å². The minimum Gasteiger partial charge on any atom is -0.494 e. The van der Waals surface area contributed by atoms with Gasteiger partial charge in [0.1, 0.15) is 5.75 Å². The van der Waals surface area contributed by atoms with Crippen LogP contribution >= 0.6 is 0 Å². The van der Waals surface area contributed by atoms with Crippen LogP contribution in [0.2, 0.25) is 0 Å². The van der Waals surface area contributed by atoms with Crippen molar-refractivity contribution in [2.75, 3.05) is 23.2 Å². The van der Waals surface area contributed by atoms with E-state index < -0.39 is 10.0 Å². The summed E-state index contributed by atoms with van der Waals surface area (Å²) < 4.78 is 33.4. The maximum Gasteiger partial charge on any atom is 0.263 e. The van der Waals surface area contributed by atoms with E-state index in [1.165, 1.54) is 12.1 Å². The highest BCUT2D eigenvalue weighted by atomic mass is 32.2. The highest BCUT2D eigenvalue weighted by Gasteiger charge is 2.18. The van der Waals surface area contributed by atoms with Crippen LogP contribution in [0.15, 0.2) is 66.1 Å². The van der Waals surface area contributed by atoms with Gasteiger partial charge in [-0.3, -0.25) is 4.72 Å². The van der Waals surface area contributed by atoms with Crippen LogP contribution in [-0.2, 0) is 10.0 Å². The summed E-state index contributed by atoms with van der Waals surface area (Å²) in [5.74, 6) is 1.07. The molecule has 8 heteroatoms. The van der Waals surface area contributed by atoms with Crippen molar-refractivity contribution < 1.29 is 13.2 Å². The van der Waals surface area contributed by atoms with Crippen LogP contribution in [0.25, 0.3) is 11.0 Å². The van der Waals surface area contributed by atoms with E-state index in [9.17, 15) is 8.42 Å². The molecule has 1 aromatic heterocycles. The molecule has 1 heterocycles. The van der Waals surface area contributed by atoms with E-state index in [0.717, 1.165) is 0 Å². The van der Waals surface area contributed by atoms with Gasteiger partial charge < -0.3 is 10.1 Å². The number of fused-ring (bicyclic) bond motifs is 1. The lowest BCUT2D eigenvalue weighted by Gasteiger charge is -2.13. The van der Waals surface area contributed by atoms with Gasteiger partial charge in [0, 0.05) is 6.54 Å². The molecular weight excluding hydrogens is 364 g/mol. The van der Waals surface area contributed by atoms with Crippen molar-refractivity contribution >= 4 is 32.7 Å². The maximum atomic E-state index is 12.8. The summed E-state index contributed by atoms with van der Waals surface area (Å²) in [6.45, 7) is 6.45. The van der Waals surface area contributed by atoms with E-state index in [0.29, 0.717) is 35.8 Å². The molecule has 0 saturated heterocycles. The second kappa shape index (κ2) is 8.05. The first-order valence-corrected chi connectivity index (χ1v) is 9.89. The zero-order chi connectivity index (χ0) is 19.3. The second-order valence-corrected chi connectivity index (χ2v) is 7.27. The number of ether oxygens (including phenoxy) is 1. The van der Waals surface area contributed by atoms with Crippen molar-refractivity contribution in [3.05, 3.63) is 61.2 Å². The number of nitrogens with one attached hydrogen (secondary N) is 2. The van der Waals surface area contributed by atoms with Crippen molar-refractivity contribution in [1.29, 1.82) is 0 Å². The Labute approximate surface area is 158 Å². The smallest absolute Gasteiger partial charge is 0.263 e. The third kappa shape index (κ3) is 4.35. The predicted octanol–water partition coefficient (Wildman–Crippen LogP) is 3.43. The predicted molar refractivity (Wildman–Crippen MR) is 107 cm³/mol. The minimum absolute atomic E-state index is 0.107. The van der Waals surface area contributed by atoms with Gasteiger partial charge in [-0.2, -0.15) is 0 Å². The van der Waals surface area contributed by atoms with E-state index in [1.54, 1.807) is 24.3 Å². The number of hydrogen-bond donors (Lipinski definition) is 2. The second-order valence-electron chi connectivity index (χ2n) is 5.59. The lowest BCUT2D eigenvalue weighted by Crippen LogP contribution is -2.16. The molecule has 0 bridgehead atoms. The van der Waals surface area contributed by atoms with Gasteiger partial charge in [0.25, 0.3) is 10.0 Å². The van der Waals surface area contributed by atoms with Crippen LogP contribution in [-0.4, -0.2) is 31.5 Å². The normalized spacial score (nSPS) is 11.1. The average molecular weight is 384 g/mol. The molecule has 0 spiro atoms. The van der Waals surface area contributed by atoms with Crippen molar-refractivity contribution in [1.82, 2.24) is 9.97 Å². The Morgan fingerprint density at radius 2 is 1.67 bits per heavy atom. The summed E-state index contributed by atoms with van der Waals surface area (Å²) in [5, 5.41) is 3.02. The molecule has 27 heavy (non-hydrogen) atoms. The van der Waals surface area contributed by atoms with Gasteiger partial charge in [-0.15, -0.1) is 6.58 Å². The molecule has 0 radical (unpaired) electrons. The third-order valence-corrected chi connectivity index (χ3v) is 5.02. The summed E-state index contributed by atoms with van der Waals surface area (Å²) >= 11 is 0. The monoisotopic (exact) mass is 384 g/mol. The molecule has 140 valence electrons. The molecular formula is C19H20N4O3S. The molecule has 0 aliphatic carbocycles. The van der Waals surface area contributed by atoms with E-state index in [2.05, 4.69) is 26.6 Å². The molecule has 2 aromatic carbocycles. The quantitative estimate of drug-likeness (QED) is 0.578. The minimum atomic E-state index is -3.84. The standard InChI is InChI=1S/C19H20N4O3S/c1-3-13-20-18-19(22-17-8-6-5-7-16(17)21-18)23-27(24,25)15-11-9-14(10-12-15)26-4-2/h3,5-12H,1,4,13H2,2H3,(H,20,21)(H,22,23). The van der Waals surface area contributed by atoms with Gasteiger partial charge in [0.05, 0.1) is 22.5 Å². The van der Waals surface area contributed by atoms with Crippen molar-refractivity contribution in [2.24, 2.45) is 0 Å². The summed E-state index contributed by atoms with van der Waals surface area (Å²) in [7, 11) is -3.84. The molecule has 7 nitrogen and oxygen atoms in total. The highest BCUT2D eigenvalue weighted by Crippen LogP contribution is 2.25. The molecule has 3 aromatic rings. The number of nitrogens with zero attached hydrogens (tertiary/aromatic N) is 2. The topological polar surface area (TPSA) is 93.2 Å². The number of rotatable bonds is 8. The van der Waals surface area contributed by atoms with Crippen LogP contribution in [0.4, 0.5) is 11.6 Å². The lowest BCUT2D eigenvalue weighted by molar-refractivity contribution is 0.340. The number of hydrogen-bond acceptors (Lipinski definition) is 6. The van der Waals surface area contributed by atoms with E-state index in [1.807, 2.05) is 25.1 Å². The first-order chi connectivity index (χ1) is 13.0. The molecule has 2 N–H and O–H groups in total. The van der Waals surface area contributed by atoms with E-state index in [-0.39, 0.29) is 10.7 Å².